The van der Waals surface area contributed by atoms with Crippen LogP contribution in [0.1, 0.15) is 25.6 Å². The van der Waals surface area contributed by atoms with E-state index in [0.29, 0.717) is 10.2 Å². The Hall–Kier alpha value is -1.63. The zero-order valence-electron chi connectivity index (χ0n) is 10.1. The van der Waals surface area contributed by atoms with E-state index in [1.807, 2.05) is 20.0 Å². The van der Waals surface area contributed by atoms with Crippen LogP contribution in [0.3, 0.4) is 0 Å². The van der Waals surface area contributed by atoms with Gasteiger partial charge in [-0.05, 0) is 35.8 Å². The molecule has 2 aromatic rings. The number of nitrogens with one attached hydrogen (secondary N) is 1. The van der Waals surface area contributed by atoms with Crippen LogP contribution in [0.25, 0.3) is 0 Å². The highest BCUT2D eigenvalue weighted by Gasteiger charge is 2.08. The van der Waals surface area contributed by atoms with Crippen molar-refractivity contribution >= 4 is 15.9 Å². The fourth-order valence-corrected chi connectivity index (χ4v) is 1.87. The molecule has 7 heteroatoms. The van der Waals surface area contributed by atoms with Crippen molar-refractivity contribution in [1.29, 1.82) is 0 Å². The Bertz CT molecular complexity index is 668. The number of halogens is 1. The molecular weight excluding hydrogens is 300 g/mol. The molecule has 0 saturated carbocycles. The van der Waals surface area contributed by atoms with Crippen LogP contribution in [0, 0.1) is 0 Å². The fraction of sp³-hybridized carbons (Fsp3) is 0.364. The molecule has 0 saturated heterocycles. The van der Waals surface area contributed by atoms with E-state index in [1.165, 1.54) is 6.20 Å². The lowest BCUT2D eigenvalue weighted by molar-refractivity contribution is 0.521. The summed E-state index contributed by atoms with van der Waals surface area (Å²) in [5.74, 6) is 0. The lowest BCUT2D eigenvalue weighted by atomic mass is 10.4. The van der Waals surface area contributed by atoms with E-state index in [9.17, 15) is 9.59 Å². The zero-order valence-corrected chi connectivity index (χ0v) is 11.6. The van der Waals surface area contributed by atoms with E-state index in [4.69, 9.17) is 0 Å². The number of H-pyrrole nitrogens is 1. The molecule has 2 aromatic heterocycles. The Morgan fingerprint density at radius 1 is 1.44 bits per heavy atom. The van der Waals surface area contributed by atoms with Crippen molar-refractivity contribution in [2.45, 2.75) is 26.4 Å². The summed E-state index contributed by atoms with van der Waals surface area (Å²) in [6.07, 6.45) is 3.17. The van der Waals surface area contributed by atoms with Gasteiger partial charge in [0.15, 0.2) is 0 Å². The van der Waals surface area contributed by atoms with Crippen LogP contribution in [-0.2, 0) is 6.54 Å². The highest BCUT2D eigenvalue weighted by molar-refractivity contribution is 9.10. The third kappa shape index (κ3) is 2.45. The van der Waals surface area contributed by atoms with E-state index in [2.05, 4.69) is 26.0 Å². The first-order valence-corrected chi connectivity index (χ1v) is 6.30. The number of nitrogens with zero attached hydrogens (tertiary/aromatic N) is 3. The smallest absolute Gasteiger partial charge is 0.313 e. The minimum atomic E-state index is -0.442. The monoisotopic (exact) mass is 312 g/mol. The van der Waals surface area contributed by atoms with Crippen molar-refractivity contribution in [2.75, 3.05) is 0 Å². The molecule has 0 bridgehead atoms. The largest absolute Gasteiger partial charge is 0.328 e. The number of hydrogen-bond donors (Lipinski definition) is 1. The maximum atomic E-state index is 11.8. The van der Waals surface area contributed by atoms with Gasteiger partial charge in [-0.1, -0.05) is 0 Å². The molecule has 0 fully saturated rings. The second-order valence-corrected chi connectivity index (χ2v) is 5.07. The van der Waals surface area contributed by atoms with E-state index in [1.54, 1.807) is 10.7 Å². The molecule has 2 rings (SSSR count). The highest BCUT2D eigenvalue weighted by atomic mass is 79.9. The lowest BCUT2D eigenvalue weighted by Crippen LogP contribution is -2.35. The van der Waals surface area contributed by atoms with Crippen LogP contribution in [0.4, 0.5) is 0 Å². The average molecular weight is 313 g/mol. The molecule has 0 aromatic carbocycles. The van der Waals surface area contributed by atoms with Gasteiger partial charge in [0, 0.05) is 18.4 Å². The Labute approximate surface area is 111 Å². The standard InChI is InChI=1S/C11H13BrN4O2/c1-7(2)16-4-3-8(14-16)6-15-10(17)9(12)5-13-11(15)18/h3-5,7H,6H2,1-2H3,(H,13,18). The number of aromatic amines is 1. The first kappa shape index (κ1) is 12.8. The minimum absolute atomic E-state index is 0.160. The zero-order chi connectivity index (χ0) is 13.3. The Morgan fingerprint density at radius 3 is 2.78 bits per heavy atom. The van der Waals surface area contributed by atoms with Gasteiger partial charge < -0.3 is 4.98 Å². The first-order chi connectivity index (χ1) is 8.49. The normalized spacial score (nSPS) is 11.1. The molecule has 96 valence electrons. The Morgan fingerprint density at radius 2 is 2.17 bits per heavy atom. The second-order valence-electron chi connectivity index (χ2n) is 4.21. The van der Waals surface area contributed by atoms with Gasteiger partial charge in [0.1, 0.15) is 0 Å². The van der Waals surface area contributed by atoms with Gasteiger partial charge in [0.2, 0.25) is 0 Å². The first-order valence-electron chi connectivity index (χ1n) is 5.51. The van der Waals surface area contributed by atoms with Crippen molar-refractivity contribution in [3.63, 3.8) is 0 Å². The van der Waals surface area contributed by atoms with E-state index < -0.39 is 5.69 Å². The Balaban J connectivity index is 2.37. The molecule has 0 unspecified atom stereocenters. The summed E-state index contributed by atoms with van der Waals surface area (Å²) in [4.78, 5) is 25.9. The molecule has 0 atom stereocenters. The van der Waals surface area contributed by atoms with Gasteiger partial charge in [0.05, 0.1) is 16.7 Å². The molecule has 0 amide bonds. The fourth-order valence-electron chi connectivity index (χ4n) is 1.54. The summed E-state index contributed by atoms with van der Waals surface area (Å²) in [6.45, 7) is 4.18. The molecule has 0 spiro atoms. The topological polar surface area (TPSA) is 72.7 Å². The van der Waals surface area contributed by atoms with Gasteiger partial charge in [-0.3, -0.25) is 14.0 Å². The van der Waals surface area contributed by atoms with Crippen LogP contribution in [0.15, 0.2) is 32.5 Å². The summed E-state index contributed by atoms with van der Waals surface area (Å²) in [5, 5.41) is 4.31. The molecule has 0 radical (unpaired) electrons. The number of aromatic nitrogens is 4. The summed E-state index contributed by atoms with van der Waals surface area (Å²) >= 11 is 3.09. The number of hydrogen-bond acceptors (Lipinski definition) is 3. The van der Waals surface area contributed by atoms with Crippen LogP contribution in [0.2, 0.25) is 0 Å². The lowest BCUT2D eigenvalue weighted by Gasteiger charge is -2.04. The SMILES string of the molecule is CC(C)n1ccc(Cn2c(=O)[nH]cc(Br)c2=O)n1. The van der Waals surface area contributed by atoms with Gasteiger partial charge in [-0.15, -0.1) is 0 Å². The van der Waals surface area contributed by atoms with Crippen LogP contribution < -0.4 is 11.2 Å². The van der Waals surface area contributed by atoms with Gasteiger partial charge in [-0.2, -0.15) is 5.10 Å². The van der Waals surface area contributed by atoms with Gasteiger partial charge >= 0.3 is 5.69 Å². The van der Waals surface area contributed by atoms with Crippen molar-refractivity contribution in [3.8, 4) is 0 Å². The van der Waals surface area contributed by atoms with E-state index >= 15 is 0 Å². The van der Waals surface area contributed by atoms with E-state index in [-0.39, 0.29) is 18.1 Å². The van der Waals surface area contributed by atoms with Crippen LogP contribution in [0.5, 0.6) is 0 Å². The maximum Gasteiger partial charge on any atom is 0.328 e. The van der Waals surface area contributed by atoms with Crippen LogP contribution >= 0.6 is 15.9 Å². The molecule has 18 heavy (non-hydrogen) atoms. The third-order valence-corrected chi connectivity index (χ3v) is 3.10. The van der Waals surface area contributed by atoms with Crippen molar-refractivity contribution in [2.24, 2.45) is 0 Å². The van der Waals surface area contributed by atoms with Crippen LogP contribution in [-0.4, -0.2) is 19.3 Å². The van der Waals surface area contributed by atoms with Gasteiger partial charge in [0.25, 0.3) is 5.56 Å². The van der Waals surface area contributed by atoms with Gasteiger partial charge in [-0.25, -0.2) is 4.79 Å². The molecule has 0 aliphatic heterocycles. The summed E-state index contributed by atoms with van der Waals surface area (Å²) < 4.78 is 3.22. The van der Waals surface area contributed by atoms with E-state index in [0.717, 1.165) is 4.57 Å². The van der Waals surface area contributed by atoms with Crippen molar-refractivity contribution in [1.82, 2.24) is 19.3 Å². The summed E-state index contributed by atoms with van der Waals surface area (Å²) in [6, 6.07) is 2.04. The summed E-state index contributed by atoms with van der Waals surface area (Å²) in [5.41, 5.74) is -0.130. The van der Waals surface area contributed by atoms with Crippen molar-refractivity contribution in [3.05, 3.63) is 49.5 Å². The molecule has 0 aliphatic carbocycles. The Kier molecular flexibility index (Phi) is 3.51. The molecule has 1 N–H and O–H groups in total. The predicted octanol–water partition coefficient (Wildman–Crippen LogP) is 1.12. The number of rotatable bonds is 3. The minimum Gasteiger partial charge on any atom is -0.313 e. The predicted molar refractivity (Wildman–Crippen MR) is 70.7 cm³/mol. The second kappa shape index (κ2) is 4.93. The molecule has 0 aliphatic rings. The average Bonchev–Trinajstić information content (AvgIpc) is 2.78. The quantitative estimate of drug-likeness (QED) is 0.923. The molecule has 6 nitrogen and oxygen atoms in total. The molecular formula is C11H13BrN4O2. The van der Waals surface area contributed by atoms with Crippen molar-refractivity contribution < 1.29 is 0 Å². The molecule has 2 heterocycles. The third-order valence-electron chi connectivity index (χ3n) is 2.53. The summed E-state index contributed by atoms with van der Waals surface area (Å²) in [7, 11) is 0. The highest BCUT2D eigenvalue weighted by Crippen LogP contribution is 2.05. The maximum absolute atomic E-state index is 11.8.